The molecule has 186 valence electrons. The van der Waals surface area contributed by atoms with Crippen molar-refractivity contribution in [3.8, 4) is 5.75 Å². The third-order valence-corrected chi connectivity index (χ3v) is 6.28. The Morgan fingerprint density at radius 3 is 2.76 bits per heavy atom. The van der Waals surface area contributed by atoms with Crippen molar-refractivity contribution in [3.63, 3.8) is 0 Å². The van der Waals surface area contributed by atoms with Gasteiger partial charge in [-0.15, -0.1) is 0 Å². The van der Waals surface area contributed by atoms with E-state index in [9.17, 15) is 19.2 Å². The maximum Gasteiger partial charge on any atom is 0.322 e. The molecule has 2 aliphatic heterocycles. The highest BCUT2D eigenvalue weighted by Gasteiger charge is 2.53. The van der Waals surface area contributed by atoms with Crippen LogP contribution < -0.4 is 26.2 Å². The van der Waals surface area contributed by atoms with Gasteiger partial charge in [0.25, 0.3) is 17.4 Å². The highest BCUT2D eigenvalue weighted by Crippen LogP contribution is 2.35. The summed E-state index contributed by atoms with van der Waals surface area (Å²) in [5, 5.41) is 7.79. The Morgan fingerprint density at radius 1 is 1.14 bits per heavy atom. The number of pyridine rings is 1. The Morgan fingerprint density at radius 2 is 2.00 bits per heavy atom. The van der Waals surface area contributed by atoms with E-state index >= 15 is 0 Å². The number of rotatable bonds is 6. The third-order valence-electron chi connectivity index (χ3n) is 6.28. The molecule has 13 nitrogen and oxygen atoms in total. The monoisotopic (exact) mass is 501 g/mol. The van der Waals surface area contributed by atoms with Crippen LogP contribution in [0.5, 0.6) is 5.75 Å². The number of amides is 4. The van der Waals surface area contributed by atoms with E-state index in [0.717, 1.165) is 5.56 Å². The number of benzene rings is 1. The van der Waals surface area contributed by atoms with E-state index < -0.39 is 17.5 Å². The van der Waals surface area contributed by atoms with Gasteiger partial charge in [0.05, 0.1) is 13.7 Å². The number of hydrogen-bond donors (Lipinski definition) is 4. The van der Waals surface area contributed by atoms with E-state index in [1.807, 2.05) is 0 Å². The topological polar surface area (TPSA) is 172 Å². The largest absolute Gasteiger partial charge is 0.497 e. The number of H-pyrrole nitrogens is 1. The summed E-state index contributed by atoms with van der Waals surface area (Å²) in [6, 6.07) is 10.5. The van der Waals surface area contributed by atoms with Gasteiger partial charge in [0.15, 0.2) is 11.1 Å². The van der Waals surface area contributed by atoms with Gasteiger partial charge in [0.2, 0.25) is 5.95 Å². The summed E-state index contributed by atoms with van der Waals surface area (Å²) in [6.45, 7) is 0.0817. The van der Waals surface area contributed by atoms with Crippen LogP contribution in [0, 0.1) is 0 Å². The molecule has 4 amide bonds. The van der Waals surface area contributed by atoms with Gasteiger partial charge < -0.3 is 24.7 Å². The number of nitrogens with one attached hydrogen (secondary N) is 4. The smallest absolute Gasteiger partial charge is 0.322 e. The molecule has 1 aromatic carbocycles. The average Bonchev–Trinajstić information content (AvgIpc) is 3.52. The minimum Gasteiger partial charge on any atom is -0.497 e. The molecule has 4 aromatic rings. The number of urea groups is 1. The number of nitrogens with zero attached hydrogens (tertiary/aromatic N) is 3. The van der Waals surface area contributed by atoms with E-state index in [0.29, 0.717) is 28.2 Å². The third kappa shape index (κ3) is 3.73. The molecule has 5 heterocycles. The molecule has 0 spiro atoms. The number of aromatic nitrogens is 3. The molecule has 1 fully saturated rings. The molecule has 1 saturated heterocycles. The van der Waals surface area contributed by atoms with Gasteiger partial charge in [-0.2, -0.15) is 0 Å². The first-order valence-corrected chi connectivity index (χ1v) is 11.2. The minimum atomic E-state index is -1.67. The molecule has 1 atom stereocenters. The van der Waals surface area contributed by atoms with Crippen LogP contribution in [0.3, 0.4) is 0 Å². The van der Waals surface area contributed by atoms with E-state index in [4.69, 9.17) is 9.15 Å². The summed E-state index contributed by atoms with van der Waals surface area (Å²) < 4.78 is 11.2. The second-order valence-electron chi connectivity index (χ2n) is 8.60. The van der Waals surface area contributed by atoms with Gasteiger partial charge in [0, 0.05) is 30.4 Å². The van der Waals surface area contributed by atoms with Gasteiger partial charge >= 0.3 is 6.03 Å². The lowest BCUT2D eigenvalue weighted by atomic mass is 9.95. The zero-order valence-corrected chi connectivity index (χ0v) is 19.3. The Hall–Kier alpha value is -5.20. The van der Waals surface area contributed by atoms with Gasteiger partial charge in [-0.1, -0.05) is 6.07 Å². The van der Waals surface area contributed by atoms with Crippen molar-refractivity contribution in [3.05, 3.63) is 75.9 Å². The fourth-order valence-corrected chi connectivity index (χ4v) is 4.49. The number of ether oxygens (including phenoxy) is 1. The summed E-state index contributed by atoms with van der Waals surface area (Å²) in [4.78, 5) is 62.5. The number of anilines is 2. The van der Waals surface area contributed by atoms with Crippen LogP contribution >= 0.6 is 0 Å². The van der Waals surface area contributed by atoms with Crippen LogP contribution in [0.2, 0.25) is 0 Å². The lowest BCUT2D eigenvalue weighted by Crippen LogP contribution is -2.52. The molecule has 0 radical (unpaired) electrons. The number of imide groups is 1. The van der Waals surface area contributed by atoms with Gasteiger partial charge in [-0.25, -0.2) is 14.8 Å². The molecular weight excluding hydrogens is 482 g/mol. The molecule has 4 N–H and O–H groups in total. The standard InChI is InChI=1S/C24H19N7O6/c1-36-13-3-2-12-10-31(20(33)14(12)8-13)11-24(21(34)29-23(35)30-24)17-9-15-16(37-17)4-5-18(26-15)27-22-25-7-6-19(32)28-22/h2-9H,10-11H2,1H3,(H2,29,30,34,35)(H2,25,26,27,28,32)/t24-/m0/s1. The SMILES string of the molecule is COc1ccc2c(c1)C(=O)N(C[C@@]1(c3cc4nc(Nc5nccc(=O)[nH]5)ccc4o3)NC(=O)NC1=O)C2. The lowest BCUT2D eigenvalue weighted by molar-refractivity contribution is -0.125. The van der Waals surface area contributed by atoms with Crippen LogP contribution in [0.15, 0.2) is 57.9 Å². The van der Waals surface area contributed by atoms with E-state index in [1.165, 1.54) is 30.3 Å². The number of hydrogen-bond acceptors (Lipinski definition) is 9. The van der Waals surface area contributed by atoms with E-state index in [2.05, 4.69) is 30.9 Å². The Labute approximate surface area is 207 Å². The quantitative estimate of drug-likeness (QED) is 0.285. The number of methoxy groups -OCH3 is 1. The van der Waals surface area contributed by atoms with Crippen molar-refractivity contribution in [1.82, 2.24) is 30.5 Å². The second kappa shape index (κ2) is 8.19. The summed E-state index contributed by atoms with van der Waals surface area (Å²) in [7, 11) is 1.51. The molecule has 0 unspecified atom stereocenters. The molecule has 37 heavy (non-hydrogen) atoms. The molecule has 6 rings (SSSR count). The lowest BCUT2D eigenvalue weighted by Gasteiger charge is -2.28. The second-order valence-corrected chi connectivity index (χ2v) is 8.60. The number of carbonyl (C=O) groups excluding carboxylic acids is 3. The van der Waals surface area contributed by atoms with Gasteiger partial charge in [0.1, 0.15) is 22.8 Å². The number of fused-ring (bicyclic) bond motifs is 2. The van der Waals surface area contributed by atoms with Crippen molar-refractivity contribution >= 4 is 40.7 Å². The molecule has 0 aliphatic carbocycles. The van der Waals surface area contributed by atoms with Crippen LogP contribution in [0.1, 0.15) is 21.7 Å². The van der Waals surface area contributed by atoms with Crippen molar-refractivity contribution in [2.75, 3.05) is 19.0 Å². The number of furan rings is 1. The maximum absolute atomic E-state index is 13.2. The van der Waals surface area contributed by atoms with Crippen molar-refractivity contribution in [2.24, 2.45) is 0 Å². The highest BCUT2D eigenvalue weighted by molar-refractivity contribution is 6.08. The number of aromatic amines is 1. The first kappa shape index (κ1) is 22.3. The number of carbonyl (C=O) groups is 3. The zero-order chi connectivity index (χ0) is 25.7. The fraction of sp³-hybridized carbons (Fsp3) is 0.167. The van der Waals surface area contributed by atoms with Crippen LogP contribution in [-0.2, 0) is 16.9 Å². The zero-order valence-electron chi connectivity index (χ0n) is 19.3. The Bertz CT molecular complexity index is 1660. The molecule has 0 bridgehead atoms. The van der Waals surface area contributed by atoms with Crippen molar-refractivity contribution in [1.29, 1.82) is 0 Å². The summed E-state index contributed by atoms with van der Waals surface area (Å²) in [5.74, 6) is 0.267. The van der Waals surface area contributed by atoms with Gasteiger partial charge in [-0.3, -0.25) is 24.7 Å². The Balaban J connectivity index is 1.34. The molecule has 3 aromatic heterocycles. The van der Waals surface area contributed by atoms with E-state index in [-0.39, 0.29) is 36.3 Å². The van der Waals surface area contributed by atoms with Gasteiger partial charge in [-0.05, 0) is 29.8 Å². The average molecular weight is 501 g/mol. The molecule has 2 aliphatic rings. The summed E-state index contributed by atoms with van der Waals surface area (Å²) in [5.41, 5.74) is -0.0175. The van der Waals surface area contributed by atoms with Crippen LogP contribution in [0.4, 0.5) is 16.6 Å². The fourth-order valence-electron chi connectivity index (χ4n) is 4.49. The first-order valence-electron chi connectivity index (χ1n) is 11.2. The van der Waals surface area contributed by atoms with Crippen molar-refractivity contribution < 1.29 is 23.5 Å². The predicted octanol–water partition coefficient (Wildman–Crippen LogP) is 1.35. The molecule has 13 heteroatoms. The normalized spacial score (nSPS) is 18.6. The maximum atomic E-state index is 13.2. The Kier molecular flexibility index (Phi) is 4.93. The minimum absolute atomic E-state index is 0.114. The highest BCUT2D eigenvalue weighted by atomic mass is 16.5. The summed E-state index contributed by atoms with van der Waals surface area (Å²) >= 11 is 0. The predicted molar refractivity (Wildman–Crippen MR) is 128 cm³/mol. The van der Waals surface area contributed by atoms with E-state index in [1.54, 1.807) is 30.3 Å². The molecular formula is C24H19N7O6. The summed E-state index contributed by atoms with van der Waals surface area (Å²) in [6.07, 6.45) is 1.36. The first-order chi connectivity index (χ1) is 17.8. The van der Waals surface area contributed by atoms with Crippen LogP contribution in [0.25, 0.3) is 11.1 Å². The van der Waals surface area contributed by atoms with Crippen molar-refractivity contribution in [2.45, 2.75) is 12.1 Å². The van der Waals surface area contributed by atoms with Crippen LogP contribution in [-0.4, -0.2) is 51.4 Å². The molecule has 0 saturated carbocycles.